The van der Waals surface area contributed by atoms with Gasteiger partial charge in [0.1, 0.15) is 0 Å². The summed E-state index contributed by atoms with van der Waals surface area (Å²) < 4.78 is 27.3. The van der Waals surface area contributed by atoms with Crippen LogP contribution in [0.1, 0.15) is 26.3 Å². The number of benzene rings is 2. The number of halogens is 3. The third kappa shape index (κ3) is 2.35. The van der Waals surface area contributed by atoms with E-state index in [-0.39, 0.29) is 17.7 Å². The molecule has 0 bridgehead atoms. The standard InChI is InChI=1S/C15H8BrF2NO2/c16-9-3-1-8(2-4-9)7-19-14(20)10-5-12(17)13(18)6-11(10)15(19)21/h1-6H,7H2. The average molecular weight is 352 g/mol. The van der Waals surface area contributed by atoms with Crippen molar-refractivity contribution < 1.29 is 18.4 Å². The predicted octanol–water partition coefficient (Wildman–Crippen LogP) is 3.52. The smallest absolute Gasteiger partial charge is 0.261 e. The highest BCUT2D eigenvalue weighted by molar-refractivity contribution is 9.10. The zero-order valence-corrected chi connectivity index (χ0v) is 12.2. The maximum absolute atomic E-state index is 13.2. The minimum absolute atomic E-state index is 0.0584. The number of carbonyl (C=O) groups excluding carboxylic acids is 2. The molecular weight excluding hydrogens is 344 g/mol. The van der Waals surface area contributed by atoms with Gasteiger partial charge in [0, 0.05) is 4.47 Å². The highest BCUT2D eigenvalue weighted by Gasteiger charge is 2.36. The van der Waals surface area contributed by atoms with Crippen LogP contribution in [0, 0.1) is 11.6 Å². The van der Waals surface area contributed by atoms with Gasteiger partial charge in [-0.2, -0.15) is 0 Å². The zero-order valence-electron chi connectivity index (χ0n) is 10.6. The van der Waals surface area contributed by atoms with E-state index < -0.39 is 23.4 Å². The monoisotopic (exact) mass is 351 g/mol. The zero-order chi connectivity index (χ0) is 15.1. The number of nitrogens with zero attached hydrogens (tertiary/aromatic N) is 1. The molecule has 0 unspecified atom stereocenters. The molecule has 3 nitrogen and oxygen atoms in total. The quantitative estimate of drug-likeness (QED) is 0.776. The molecule has 0 saturated heterocycles. The van der Waals surface area contributed by atoms with Crippen molar-refractivity contribution in [3.05, 3.63) is 69.2 Å². The van der Waals surface area contributed by atoms with Gasteiger partial charge in [0.2, 0.25) is 0 Å². The van der Waals surface area contributed by atoms with Gasteiger partial charge in [0.05, 0.1) is 17.7 Å². The minimum atomic E-state index is -1.14. The van der Waals surface area contributed by atoms with Crippen molar-refractivity contribution in [2.45, 2.75) is 6.54 Å². The minimum Gasteiger partial charge on any atom is -0.270 e. The molecule has 106 valence electrons. The Bertz CT molecular complexity index is 718. The fraction of sp³-hybridized carbons (Fsp3) is 0.0667. The first-order chi connectivity index (χ1) is 9.97. The Morgan fingerprint density at radius 3 is 1.86 bits per heavy atom. The molecule has 0 aromatic heterocycles. The Morgan fingerprint density at radius 1 is 0.905 bits per heavy atom. The molecule has 21 heavy (non-hydrogen) atoms. The van der Waals surface area contributed by atoms with E-state index in [1.54, 1.807) is 24.3 Å². The van der Waals surface area contributed by atoms with Gasteiger partial charge in [-0.25, -0.2) is 8.78 Å². The number of hydrogen-bond acceptors (Lipinski definition) is 2. The molecule has 2 aromatic rings. The maximum Gasteiger partial charge on any atom is 0.261 e. The van der Waals surface area contributed by atoms with Gasteiger partial charge in [-0.3, -0.25) is 14.5 Å². The van der Waals surface area contributed by atoms with E-state index in [4.69, 9.17) is 0 Å². The van der Waals surface area contributed by atoms with E-state index in [0.29, 0.717) is 0 Å². The summed E-state index contributed by atoms with van der Waals surface area (Å²) in [5, 5.41) is 0. The van der Waals surface area contributed by atoms with Crippen LogP contribution in [0.2, 0.25) is 0 Å². The van der Waals surface area contributed by atoms with Crippen LogP contribution in [-0.4, -0.2) is 16.7 Å². The van der Waals surface area contributed by atoms with Crippen LogP contribution < -0.4 is 0 Å². The Hall–Kier alpha value is -2.08. The van der Waals surface area contributed by atoms with Crippen molar-refractivity contribution in [1.82, 2.24) is 4.90 Å². The normalized spacial score (nSPS) is 13.8. The van der Waals surface area contributed by atoms with E-state index in [2.05, 4.69) is 15.9 Å². The molecule has 2 amide bonds. The maximum atomic E-state index is 13.2. The molecule has 0 spiro atoms. The van der Waals surface area contributed by atoms with Gasteiger partial charge in [0.15, 0.2) is 11.6 Å². The predicted molar refractivity (Wildman–Crippen MR) is 74.7 cm³/mol. The number of fused-ring (bicyclic) bond motifs is 1. The second-order valence-corrected chi connectivity index (χ2v) is 5.55. The molecule has 0 radical (unpaired) electrons. The van der Waals surface area contributed by atoms with Crippen molar-refractivity contribution in [3.8, 4) is 0 Å². The average Bonchev–Trinajstić information content (AvgIpc) is 2.67. The first-order valence-corrected chi connectivity index (χ1v) is 6.86. The molecule has 6 heteroatoms. The molecule has 1 heterocycles. The van der Waals surface area contributed by atoms with Gasteiger partial charge in [-0.1, -0.05) is 28.1 Å². The highest BCUT2D eigenvalue weighted by Crippen LogP contribution is 2.27. The summed E-state index contributed by atoms with van der Waals surface area (Å²) in [5.74, 6) is -3.51. The second-order valence-electron chi connectivity index (χ2n) is 4.63. The fourth-order valence-electron chi connectivity index (χ4n) is 2.20. The Balaban J connectivity index is 1.94. The molecule has 0 saturated carbocycles. The lowest BCUT2D eigenvalue weighted by molar-refractivity contribution is 0.0642. The summed E-state index contributed by atoms with van der Waals surface area (Å²) in [4.78, 5) is 25.3. The first kappa shape index (κ1) is 13.9. The topological polar surface area (TPSA) is 37.4 Å². The van der Waals surface area contributed by atoms with Crippen LogP contribution in [0.5, 0.6) is 0 Å². The van der Waals surface area contributed by atoms with Crippen LogP contribution in [-0.2, 0) is 6.54 Å². The van der Waals surface area contributed by atoms with Gasteiger partial charge in [-0.15, -0.1) is 0 Å². The van der Waals surface area contributed by atoms with Crippen LogP contribution in [0.4, 0.5) is 8.78 Å². The van der Waals surface area contributed by atoms with E-state index in [9.17, 15) is 18.4 Å². The number of carbonyl (C=O) groups is 2. The Morgan fingerprint density at radius 2 is 1.38 bits per heavy atom. The van der Waals surface area contributed by atoms with Crippen LogP contribution >= 0.6 is 15.9 Å². The third-order valence-corrected chi connectivity index (χ3v) is 3.79. The SMILES string of the molecule is O=C1c2cc(F)c(F)cc2C(=O)N1Cc1ccc(Br)cc1. The summed E-state index contributed by atoms with van der Waals surface area (Å²) in [6.07, 6.45) is 0. The van der Waals surface area contributed by atoms with Crippen molar-refractivity contribution in [2.75, 3.05) is 0 Å². The Labute approximate surface area is 127 Å². The molecule has 2 aromatic carbocycles. The summed E-state index contributed by atoms with van der Waals surface area (Å²) in [7, 11) is 0. The molecular formula is C15H8BrF2NO2. The summed E-state index contributed by atoms with van der Waals surface area (Å²) in [6.45, 7) is 0.0584. The van der Waals surface area contributed by atoms with Gasteiger partial charge >= 0.3 is 0 Å². The van der Waals surface area contributed by atoms with Crippen molar-refractivity contribution in [2.24, 2.45) is 0 Å². The largest absolute Gasteiger partial charge is 0.270 e. The fourth-order valence-corrected chi connectivity index (χ4v) is 2.46. The van der Waals surface area contributed by atoms with Crippen LogP contribution in [0.15, 0.2) is 40.9 Å². The number of rotatable bonds is 2. The lowest BCUT2D eigenvalue weighted by Crippen LogP contribution is -2.29. The molecule has 1 aliphatic heterocycles. The molecule has 0 fully saturated rings. The summed E-state index contributed by atoms with van der Waals surface area (Å²) >= 11 is 3.29. The number of imide groups is 1. The van der Waals surface area contributed by atoms with Gasteiger partial charge in [-0.05, 0) is 29.8 Å². The number of hydrogen-bond donors (Lipinski definition) is 0. The second kappa shape index (κ2) is 5.04. The van der Waals surface area contributed by atoms with Gasteiger partial charge < -0.3 is 0 Å². The van der Waals surface area contributed by atoms with Crippen molar-refractivity contribution >= 4 is 27.7 Å². The van der Waals surface area contributed by atoms with E-state index in [1.807, 2.05) is 0 Å². The Kier molecular flexibility index (Phi) is 3.33. The van der Waals surface area contributed by atoms with E-state index in [0.717, 1.165) is 27.1 Å². The molecule has 1 aliphatic rings. The summed E-state index contributed by atoms with van der Waals surface area (Å²) in [5.41, 5.74) is 0.542. The van der Waals surface area contributed by atoms with Gasteiger partial charge in [0.25, 0.3) is 11.8 Å². The van der Waals surface area contributed by atoms with E-state index in [1.165, 1.54) is 0 Å². The highest BCUT2D eigenvalue weighted by atomic mass is 79.9. The van der Waals surface area contributed by atoms with Crippen LogP contribution in [0.3, 0.4) is 0 Å². The summed E-state index contributed by atoms with van der Waals surface area (Å²) in [6, 6.07) is 8.63. The van der Waals surface area contributed by atoms with Crippen LogP contribution in [0.25, 0.3) is 0 Å². The first-order valence-electron chi connectivity index (χ1n) is 6.07. The lowest BCUT2D eigenvalue weighted by atomic mass is 10.1. The molecule has 0 N–H and O–H groups in total. The van der Waals surface area contributed by atoms with E-state index >= 15 is 0 Å². The van der Waals surface area contributed by atoms with Crippen molar-refractivity contribution in [3.63, 3.8) is 0 Å². The number of amides is 2. The molecule has 0 aliphatic carbocycles. The molecule has 0 atom stereocenters. The molecule has 3 rings (SSSR count). The lowest BCUT2D eigenvalue weighted by Gasteiger charge is -2.13. The van der Waals surface area contributed by atoms with Crippen molar-refractivity contribution in [1.29, 1.82) is 0 Å². The third-order valence-electron chi connectivity index (χ3n) is 3.27.